The van der Waals surface area contributed by atoms with E-state index in [9.17, 15) is 4.39 Å². The molecular weight excluding hydrogens is 241 g/mol. The molecule has 0 spiro atoms. The SMILES string of the molecule is CN(Cc1cncc(F)c1)Cc1cccc(CN)c1. The average molecular weight is 259 g/mol. The van der Waals surface area contributed by atoms with Gasteiger partial charge in [0, 0.05) is 25.8 Å². The van der Waals surface area contributed by atoms with Crippen LogP contribution in [0.15, 0.2) is 42.7 Å². The van der Waals surface area contributed by atoms with Crippen LogP contribution in [0.3, 0.4) is 0 Å². The Balaban J connectivity index is 1.98. The van der Waals surface area contributed by atoms with E-state index in [4.69, 9.17) is 5.73 Å². The molecular formula is C15H18FN3. The van der Waals surface area contributed by atoms with Crippen molar-refractivity contribution in [1.29, 1.82) is 0 Å². The summed E-state index contributed by atoms with van der Waals surface area (Å²) in [6.45, 7) is 2.01. The van der Waals surface area contributed by atoms with Crippen LogP contribution in [0.4, 0.5) is 4.39 Å². The van der Waals surface area contributed by atoms with E-state index in [1.807, 2.05) is 19.2 Å². The summed E-state index contributed by atoms with van der Waals surface area (Å²) in [4.78, 5) is 5.97. The number of halogens is 1. The van der Waals surface area contributed by atoms with Crippen LogP contribution in [0, 0.1) is 5.82 Å². The molecule has 1 aromatic carbocycles. The van der Waals surface area contributed by atoms with Gasteiger partial charge in [0.2, 0.25) is 0 Å². The van der Waals surface area contributed by atoms with Crippen molar-refractivity contribution in [3.63, 3.8) is 0 Å². The number of nitrogens with zero attached hydrogens (tertiary/aromatic N) is 2. The van der Waals surface area contributed by atoms with Crippen LogP contribution >= 0.6 is 0 Å². The van der Waals surface area contributed by atoms with Crippen LogP contribution in [0.1, 0.15) is 16.7 Å². The summed E-state index contributed by atoms with van der Waals surface area (Å²) < 4.78 is 13.0. The number of hydrogen-bond acceptors (Lipinski definition) is 3. The molecule has 0 aliphatic carbocycles. The van der Waals surface area contributed by atoms with E-state index in [1.165, 1.54) is 17.8 Å². The van der Waals surface area contributed by atoms with Gasteiger partial charge in [-0.2, -0.15) is 0 Å². The molecule has 0 saturated carbocycles. The Morgan fingerprint density at radius 1 is 1.11 bits per heavy atom. The summed E-state index contributed by atoms with van der Waals surface area (Å²) in [5.41, 5.74) is 8.83. The largest absolute Gasteiger partial charge is 0.326 e. The molecule has 2 rings (SSSR count). The molecule has 0 aliphatic heterocycles. The second-order valence-corrected chi connectivity index (χ2v) is 4.71. The third kappa shape index (κ3) is 4.12. The fourth-order valence-electron chi connectivity index (χ4n) is 2.08. The molecule has 100 valence electrons. The van der Waals surface area contributed by atoms with E-state index < -0.39 is 0 Å². The predicted molar refractivity (Wildman–Crippen MR) is 73.7 cm³/mol. The lowest BCUT2D eigenvalue weighted by atomic mass is 10.1. The molecule has 4 heteroatoms. The average Bonchev–Trinajstić information content (AvgIpc) is 2.38. The first-order chi connectivity index (χ1) is 9.17. The highest BCUT2D eigenvalue weighted by Gasteiger charge is 2.04. The summed E-state index contributed by atoms with van der Waals surface area (Å²) in [5, 5.41) is 0. The molecule has 0 saturated heterocycles. The Morgan fingerprint density at radius 2 is 1.84 bits per heavy atom. The van der Waals surface area contributed by atoms with Gasteiger partial charge >= 0.3 is 0 Å². The topological polar surface area (TPSA) is 42.2 Å². The number of rotatable bonds is 5. The summed E-state index contributed by atoms with van der Waals surface area (Å²) in [5.74, 6) is -0.295. The lowest BCUT2D eigenvalue weighted by Gasteiger charge is -2.17. The van der Waals surface area contributed by atoms with Gasteiger partial charge in [0.15, 0.2) is 0 Å². The van der Waals surface area contributed by atoms with Crippen LogP contribution in [0.25, 0.3) is 0 Å². The molecule has 3 nitrogen and oxygen atoms in total. The van der Waals surface area contributed by atoms with Gasteiger partial charge in [0.1, 0.15) is 5.82 Å². The third-order valence-electron chi connectivity index (χ3n) is 2.89. The summed E-state index contributed by atoms with van der Waals surface area (Å²) >= 11 is 0. The van der Waals surface area contributed by atoms with Gasteiger partial charge in [-0.05, 0) is 29.8 Å². The van der Waals surface area contributed by atoms with Crippen LogP contribution in [0.2, 0.25) is 0 Å². The maximum absolute atomic E-state index is 13.0. The lowest BCUT2D eigenvalue weighted by Crippen LogP contribution is -2.17. The van der Waals surface area contributed by atoms with Crippen molar-refractivity contribution in [3.05, 3.63) is 65.2 Å². The van der Waals surface area contributed by atoms with E-state index >= 15 is 0 Å². The highest BCUT2D eigenvalue weighted by Crippen LogP contribution is 2.10. The van der Waals surface area contributed by atoms with Gasteiger partial charge in [0.05, 0.1) is 6.20 Å². The minimum absolute atomic E-state index is 0.295. The zero-order chi connectivity index (χ0) is 13.7. The first kappa shape index (κ1) is 13.6. The first-order valence-electron chi connectivity index (χ1n) is 6.23. The quantitative estimate of drug-likeness (QED) is 0.896. The van der Waals surface area contributed by atoms with E-state index in [2.05, 4.69) is 22.0 Å². The van der Waals surface area contributed by atoms with Crippen LogP contribution < -0.4 is 5.73 Å². The van der Waals surface area contributed by atoms with Crippen molar-refractivity contribution in [3.8, 4) is 0 Å². The number of hydrogen-bond donors (Lipinski definition) is 1. The molecule has 2 aromatic rings. The number of pyridine rings is 1. The van der Waals surface area contributed by atoms with E-state index in [1.54, 1.807) is 6.20 Å². The van der Waals surface area contributed by atoms with Gasteiger partial charge in [-0.25, -0.2) is 4.39 Å². The van der Waals surface area contributed by atoms with Crippen LogP contribution in [-0.4, -0.2) is 16.9 Å². The fraction of sp³-hybridized carbons (Fsp3) is 0.267. The number of benzene rings is 1. The van der Waals surface area contributed by atoms with E-state index in [-0.39, 0.29) is 5.82 Å². The molecule has 1 aromatic heterocycles. The molecule has 0 amide bonds. The Kier molecular flexibility index (Phi) is 4.60. The highest BCUT2D eigenvalue weighted by molar-refractivity contribution is 5.23. The summed E-state index contributed by atoms with van der Waals surface area (Å²) in [6.07, 6.45) is 2.91. The molecule has 0 radical (unpaired) electrons. The van der Waals surface area contributed by atoms with Gasteiger partial charge in [-0.15, -0.1) is 0 Å². The molecule has 19 heavy (non-hydrogen) atoms. The van der Waals surface area contributed by atoms with Crippen molar-refractivity contribution in [2.75, 3.05) is 7.05 Å². The number of aromatic nitrogens is 1. The van der Waals surface area contributed by atoms with Crippen molar-refractivity contribution < 1.29 is 4.39 Å². The molecule has 0 unspecified atom stereocenters. The first-order valence-corrected chi connectivity index (χ1v) is 6.23. The van der Waals surface area contributed by atoms with E-state index in [0.29, 0.717) is 13.1 Å². The second kappa shape index (κ2) is 6.41. The minimum atomic E-state index is -0.295. The number of nitrogens with two attached hydrogens (primary N) is 1. The molecule has 0 atom stereocenters. The second-order valence-electron chi connectivity index (χ2n) is 4.71. The van der Waals surface area contributed by atoms with Gasteiger partial charge in [0.25, 0.3) is 0 Å². The smallest absolute Gasteiger partial charge is 0.141 e. The Bertz CT molecular complexity index is 542. The molecule has 0 aliphatic rings. The predicted octanol–water partition coefficient (Wildman–Crippen LogP) is 2.31. The molecule has 1 heterocycles. The summed E-state index contributed by atoms with van der Waals surface area (Å²) in [6, 6.07) is 9.70. The fourth-order valence-corrected chi connectivity index (χ4v) is 2.08. The van der Waals surface area contributed by atoms with Gasteiger partial charge < -0.3 is 5.73 Å². The van der Waals surface area contributed by atoms with Crippen molar-refractivity contribution in [2.24, 2.45) is 5.73 Å². The van der Waals surface area contributed by atoms with Crippen LogP contribution in [0.5, 0.6) is 0 Å². The zero-order valence-corrected chi connectivity index (χ0v) is 11.0. The standard InChI is InChI=1S/C15H18FN3/c1-19(11-14-6-15(16)9-18-8-14)10-13-4-2-3-12(5-13)7-17/h2-6,8-9H,7,10-11,17H2,1H3. The van der Waals surface area contributed by atoms with E-state index in [0.717, 1.165) is 17.7 Å². The van der Waals surface area contributed by atoms with Crippen LogP contribution in [-0.2, 0) is 19.6 Å². The molecule has 0 bridgehead atoms. The summed E-state index contributed by atoms with van der Waals surface area (Å²) in [7, 11) is 2.00. The third-order valence-corrected chi connectivity index (χ3v) is 2.89. The Labute approximate surface area is 112 Å². The minimum Gasteiger partial charge on any atom is -0.326 e. The lowest BCUT2D eigenvalue weighted by molar-refractivity contribution is 0.318. The van der Waals surface area contributed by atoms with Gasteiger partial charge in [-0.3, -0.25) is 9.88 Å². The molecule has 2 N–H and O–H groups in total. The Hall–Kier alpha value is -1.78. The highest BCUT2D eigenvalue weighted by atomic mass is 19.1. The van der Waals surface area contributed by atoms with Gasteiger partial charge in [-0.1, -0.05) is 24.3 Å². The van der Waals surface area contributed by atoms with Crippen molar-refractivity contribution in [2.45, 2.75) is 19.6 Å². The molecule has 0 fully saturated rings. The Morgan fingerprint density at radius 3 is 2.58 bits per heavy atom. The normalized spacial score (nSPS) is 10.9. The zero-order valence-electron chi connectivity index (χ0n) is 11.0. The monoisotopic (exact) mass is 259 g/mol. The van der Waals surface area contributed by atoms with Crippen molar-refractivity contribution >= 4 is 0 Å². The van der Waals surface area contributed by atoms with Crippen molar-refractivity contribution in [1.82, 2.24) is 9.88 Å². The maximum atomic E-state index is 13.0. The maximum Gasteiger partial charge on any atom is 0.141 e.